The van der Waals surface area contributed by atoms with Gasteiger partial charge in [0.15, 0.2) is 0 Å². The van der Waals surface area contributed by atoms with Gasteiger partial charge >= 0.3 is 0 Å². The van der Waals surface area contributed by atoms with Crippen molar-refractivity contribution in [1.82, 2.24) is 4.98 Å². The maximum atomic E-state index is 8.95. The first kappa shape index (κ1) is 12.7. The summed E-state index contributed by atoms with van der Waals surface area (Å²) in [7, 11) is 0. The molecule has 5 heteroatoms. The summed E-state index contributed by atoms with van der Waals surface area (Å²) >= 11 is 18.0. The van der Waals surface area contributed by atoms with Gasteiger partial charge in [-0.05, 0) is 24.3 Å². The summed E-state index contributed by atoms with van der Waals surface area (Å²) in [6.45, 7) is -0.144. The highest BCUT2D eigenvalue weighted by atomic mass is 35.5. The molecule has 1 heterocycles. The van der Waals surface area contributed by atoms with E-state index in [-0.39, 0.29) is 6.61 Å². The smallest absolute Gasteiger partial charge is 0.137 e. The van der Waals surface area contributed by atoms with Gasteiger partial charge in [-0.2, -0.15) is 0 Å². The van der Waals surface area contributed by atoms with Crippen molar-refractivity contribution in [1.29, 1.82) is 0 Å². The summed E-state index contributed by atoms with van der Waals surface area (Å²) in [4.78, 5) is 4.06. The average Bonchev–Trinajstić information content (AvgIpc) is 2.30. The molecule has 0 aliphatic carbocycles. The first-order chi connectivity index (χ1) is 8.11. The van der Waals surface area contributed by atoms with Gasteiger partial charge in [0.25, 0.3) is 0 Å². The van der Waals surface area contributed by atoms with E-state index in [2.05, 4.69) is 4.98 Å². The van der Waals surface area contributed by atoms with Crippen molar-refractivity contribution < 1.29 is 5.11 Å². The van der Waals surface area contributed by atoms with Crippen LogP contribution in [-0.2, 0) is 6.61 Å². The molecule has 0 saturated heterocycles. The zero-order valence-corrected chi connectivity index (χ0v) is 10.9. The molecule has 1 N–H and O–H groups in total. The van der Waals surface area contributed by atoms with Gasteiger partial charge in [0.05, 0.1) is 12.3 Å². The van der Waals surface area contributed by atoms with Crippen LogP contribution in [0, 0.1) is 0 Å². The molecule has 1 aromatic heterocycles. The van der Waals surface area contributed by atoms with Crippen LogP contribution in [0.4, 0.5) is 0 Å². The lowest BCUT2D eigenvalue weighted by atomic mass is 10.1. The van der Waals surface area contributed by atoms with Crippen LogP contribution < -0.4 is 0 Å². The van der Waals surface area contributed by atoms with E-state index < -0.39 is 0 Å². The molecule has 0 atom stereocenters. The maximum absolute atomic E-state index is 8.95. The van der Waals surface area contributed by atoms with Crippen molar-refractivity contribution in [2.75, 3.05) is 0 Å². The molecule has 0 spiro atoms. The SMILES string of the molecule is OCc1ccc(-c2ccc(Cl)cc2Cl)c(Cl)n1. The van der Waals surface area contributed by atoms with E-state index in [9.17, 15) is 0 Å². The molecule has 0 aliphatic rings. The number of halogens is 3. The summed E-state index contributed by atoms with van der Waals surface area (Å²) < 4.78 is 0. The summed E-state index contributed by atoms with van der Waals surface area (Å²) in [5, 5.41) is 10.3. The Morgan fingerprint density at radius 2 is 1.71 bits per heavy atom. The highest BCUT2D eigenvalue weighted by molar-refractivity contribution is 6.37. The fourth-order valence-electron chi connectivity index (χ4n) is 1.47. The van der Waals surface area contributed by atoms with Crippen molar-refractivity contribution in [3.63, 3.8) is 0 Å². The molecule has 0 saturated carbocycles. The Kier molecular flexibility index (Phi) is 3.89. The Bertz CT molecular complexity index is 557. The summed E-state index contributed by atoms with van der Waals surface area (Å²) in [6, 6.07) is 8.64. The Morgan fingerprint density at radius 1 is 1.00 bits per heavy atom. The van der Waals surface area contributed by atoms with Crippen molar-refractivity contribution >= 4 is 34.8 Å². The van der Waals surface area contributed by atoms with E-state index in [1.807, 2.05) is 0 Å². The molecule has 17 heavy (non-hydrogen) atoms. The number of hydrogen-bond donors (Lipinski definition) is 1. The zero-order valence-electron chi connectivity index (χ0n) is 8.62. The van der Waals surface area contributed by atoms with Gasteiger partial charge in [0.1, 0.15) is 5.15 Å². The monoisotopic (exact) mass is 287 g/mol. The molecule has 88 valence electrons. The van der Waals surface area contributed by atoms with Crippen LogP contribution in [0.3, 0.4) is 0 Å². The zero-order chi connectivity index (χ0) is 12.4. The fourth-order valence-corrected chi connectivity index (χ4v) is 2.25. The van der Waals surface area contributed by atoms with Crippen LogP contribution in [0.1, 0.15) is 5.69 Å². The highest BCUT2D eigenvalue weighted by Crippen LogP contribution is 2.33. The van der Waals surface area contributed by atoms with Gasteiger partial charge in [-0.15, -0.1) is 0 Å². The topological polar surface area (TPSA) is 33.1 Å². The Balaban J connectivity index is 2.53. The molecule has 0 bridgehead atoms. The molecule has 0 fully saturated rings. The molecule has 0 radical (unpaired) electrons. The third-order valence-electron chi connectivity index (χ3n) is 2.29. The quantitative estimate of drug-likeness (QED) is 0.840. The number of hydrogen-bond acceptors (Lipinski definition) is 2. The summed E-state index contributed by atoms with van der Waals surface area (Å²) in [5.41, 5.74) is 1.99. The van der Waals surface area contributed by atoms with Crippen molar-refractivity contribution in [2.45, 2.75) is 6.61 Å². The number of nitrogens with zero attached hydrogens (tertiary/aromatic N) is 1. The Hall–Kier alpha value is -0.800. The third-order valence-corrected chi connectivity index (χ3v) is 3.13. The van der Waals surface area contributed by atoms with Crippen LogP contribution in [0.5, 0.6) is 0 Å². The predicted molar refractivity (Wildman–Crippen MR) is 70.6 cm³/mol. The van der Waals surface area contributed by atoms with E-state index in [1.165, 1.54) is 0 Å². The van der Waals surface area contributed by atoms with Crippen LogP contribution in [0.15, 0.2) is 30.3 Å². The second-order valence-corrected chi connectivity index (χ2v) is 4.62. The van der Waals surface area contributed by atoms with E-state index >= 15 is 0 Å². The Morgan fingerprint density at radius 3 is 2.29 bits per heavy atom. The van der Waals surface area contributed by atoms with Gasteiger partial charge in [0, 0.05) is 21.2 Å². The van der Waals surface area contributed by atoms with Crippen LogP contribution in [0.25, 0.3) is 11.1 Å². The minimum Gasteiger partial charge on any atom is -0.390 e. The second-order valence-electron chi connectivity index (χ2n) is 3.42. The van der Waals surface area contributed by atoms with Crippen LogP contribution >= 0.6 is 34.8 Å². The minimum atomic E-state index is -0.144. The fraction of sp³-hybridized carbons (Fsp3) is 0.0833. The largest absolute Gasteiger partial charge is 0.390 e. The number of pyridine rings is 1. The van der Waals surface area contributed by atoms with Gasteiger partial charge < -0.3 is 5.11 Å². The molecule has 2 nitrogen and oxygen atoms in total. The van der Waals surface area contributed by atoms with E-state index in [0.29, 0.717) is 26.5 Å². The lowest BCUT2D eigenvalue weighted by Crippen LogP contribution is -1.91. The lowest BCUT2D eigenvalue weighted by Gasteiger charge is -2.07. The first-order valence-electron chi connectivity index (χ1n) is 4.83. The summed E-state index contributed by atoms with van der Waals surface area (Å²) in [5.74, 6) is 0. The van der Waals surface area contributed by atoms with Crippen LogP contribution in [-0.4, -0.2) is 10.1 Å². The van der Waals surface area contributed by atoms with Crippen molar-refractivity contribution in [3.8, 4) is 11.1 Å². The molecule has 0 amide bonds. The molecule has 0 unspecified atom stereocenters. The second kappa shape index (κ2) is 5.23. The normalized spacial score (nSPS) is 10.6. The average molecular weight is 289 g/mol. The highest BCUT2D eigenvalue weighted by Gasteiger charge is 2.09. The molecule has 2 aromatic rings. The van der Waals surface area contributed by atoms with Gasteiger partial charge in [-0.25, -0.2) is 4.98 Å². The summed E-state index contributed by atoms with van der Waals surface area (Å²) in [6.07, 6.45) is 0. The number of rotatable bonds is 2. The van der Waals surface area contributed by atoms with E-state index in [0.717, 1.165) is 5.56 Å². The minimum absolute atomic E-state index is 0.144. The van der Waals surface area contributed by atoms with E-state index in [4.69, 9.17) is 39.9 Å². The molecular formula is C12H8Cl3NO. The van der Waals surface area contributed by atoms with Gasteiger partial charge in [-0.1, -0.05) is 40.9 Å². The number of aliphatic hydroxyl groups is 1. The Labute approximate surface area is 114 Å². The van der Waals surface area contributed by atoms with Gasteiger partial charge in [-0.3, -0.25) is 0 Å². The van der Waals surface area contributed by atoms with Crippen molar-refractivity contribution in [2.24, 2.45) is 0 Å². The van der Waals surface area contributed by atoms with Crippen molar-refractivity contribution in [3.05, 3.63) is 51.2 Å². The molecular weight excluding hydrogens is 280 g/mol. The lowest BCUT2D eigenvalue weighted by molar-refractivity contribution is 0.277. The molecule has 0 aliphatic heterocycles. The standard InChI is InChI=1S/C12H8Cl3NO/c13-7-1-3-9(11(14)5-7)10-4-2-8(6-17)16-12(10)15/h1-5,17H,6H2. The van der Waals surface area contributed by atoms with Crippen LogP contribution in [0.2, 0.25) is 15.2 Å². The predicted octanol–water partition coefficient (Wildman–Crippen LogP) is 4.20. The van der Waals surface area contributed by atoms with Gasteiger partial charge in [0.2, 0.25) is 0 Å². The van der Waals surface area contributed by atoms with E-state index in [1.54, 1.807) is 30.3 Å². The number of aliphatic hydroxyl groups excluding tert-OH is 1. The maximum Gasteiger partial charge on any atom is 0.137 e. The molecule has 1 aromatic carbocycles. The number of aromatic nitrogens is 1. The first-order valence-corrected chi connectivity index (χ1v) is 5.97. The molecule has 2 rings (SSSR count). The third kappa shape index (κ3) is 2.72. The number of benzene rings is 1.